The zero-order chi connectivity index (χ0) is 14.8. The van der Waals surface area contributed by atoms with E-state index >= 15 is 0 Å². The van der Waals surface area contributed by atoms with Crippen molar-refractivity contribution in [3.05, 3.63) is 35.1 Å². The second-order valence-electron chi connectivity index (χ2n) is 3.50. The zero-order valence-corrected chi connectivity index (χ0v) is 10.7. The molecule has 0 radical (unpaired) electrons. The number of benzene rings is 1. The molecule has 0 bridgehead atoms. The first-order valence-electron chi connectivity index (χ1n) is 5.19. The topological polar surface area (TPSA) is 57.1 Å². The molecule has 0 aliphatic heterocycles. The molecule has 1 aromatic heterocycles. The highest BCUT2D eigenvalue weighted by Crippen LogP contribution is 2.32. The molecule has 0 aliphatic carbocycles. The second-order valence-corrected chi connectivity index (χ2v) is 3.84. The summed E-state index contributed by atoms with van der Waals surface area (Å²) in [5, 5.41) is -0.196. The van der Waals surface area contributed by atoms with E-state index in [4.69, 9.17) is 21.1 Å². The van der Waals surface area contributed by atoms with Gasteiger partial charge in [0, 0.05) is 0 Å². The van der Waals surface area contributed by atoms with E-state index < -0.39 is 11.7 Å². The van der Waals surface area contributed by atoms with Crippen LogP contribution in [0.1, 0.15) is 5.56 Å². The standard InChI is InChI=1S/C11H7ClF3N3O2/c1-19-9-16-8(12)17-10(18-9)20-7-4-2-3-6(5-7)11(13,14)15/h2-5H,1H3. The van der Waals surface area contributed by atoms with Gasteiger partial charge in [-0.25, -0.2) is 0 Å². The molecule has 0 aliphatic rings. The quantitative estimate of drug-likeness (QED) is 0.870. The number of methoxy groups -OCH3 is 1. The summed E-state index contributed by atoms with van der Waals surface area (Å²) < 4.78 is 47.5. The van der Waals surface area contributed by atoms with Crippen LogP contribution >= 0.6 is 11.6 Å². The first kappa shape index (κ1) is 14.3. The maximum absolute atomic E-state index is 12.6. The number of aromatic nitrogens is 3. The maximum Gasteiger partial charge on any atom is 0.416 e. The number of rotatable bonds is 3. The predicted molar refractivity (Wildman–Crippen MR) is 62.9 cm³/mol. The Morgan fingerprint density at radius 1 is 1.10 bits per heavy atom. The number of halogens is 4. The summed E-state index contributed by atoms with van der Waals surface area (Å²) in [5.41, 5.74) is -0.845. The third-order valence-corrected chi connectivity index (χ3v) is 2.29. The van der Waals surface area contributed by atoms with Crippen molar-refractivity contribution in [1.82, 2.24) is 15.0 Å². The molecule has 106 valence electrons. The van der Waals surface area contributed by atoms with Gasteiger partial charge >= 0.3 is 18.2 Å². The van der Waals surface area contributed by atoms with Gasteiger partial charge in [-0.05, 0) is 29.8 Å². The highest BCUT2D eigenvalue weighted by Gasteiger charge is 2.30. The van der Waals surface area contributed by atoms with E-state index in [9.17, 15) is 13.2 Å². The molecule has 0 saturated heterocycles. The van der Waals surface area contributed by atoms with Gasteiger partial charge in [0.05, 0.1) is 12.7 Å². The molecule has 0 spiro atoms. The van der Waals surface area contributed by atoms with Gasteiger partial charge in [0.15, 0.2) is 0 Å². The van der Waals surface area contributed by atoms with Crippen molar-refractivity contribution in [2.45, 2.75) is 6.18 Å². The normalized spacial score (nSPS) is 11.2. The van der Waals surface area contributed by atoms with Crippen LogP contribution in [0.2, 0.25) is 5.28 Å². The second kappa shape index (κ2) is 5.49. The largest absolute Gasteiger partial charge is 0.467 e. The molecule has 0 unspecified atom stereocenters. The number of hydrogen-bond acceptors (Lipinski definition) is 5. The molecule has 0 atom stereocenters. The third-order valence-electron chi connectivity index (χ3n) is 2.12. The number of hydrogen-bond donors (Lipinski definition) is 0. The van der Waals surface area contributed by atoms with Crippen molar-refractivity contribution < 1.29 is 22.6 Å². The summed E-state index contributed by atoms with van der Waals surface area (Å²) in [6.45, 7) is 0. The lowest BCUT2D eigenvalue weighted by molar-refractivity contribution is -0.137. The minimum absolute atomic E-state index is 0.0795. The SMILES string of the molecule is COc1nc(Cl)nc(Oc2cccc(C(F)(F)F)c2)n1. The molecule has 9 heteroatoms. The van der Waals surface area contributed by atoms with Gasteiger partial charge in [0.25, 0.3) is 0 Å². The molecule has 0 amide bonds. The molecule has 2 aromatic rings. The first-order chi connectivity index (χ1) is 9.38. The van der Waals surface area contributed by atoms with Crippen molar-refractivity contribution in [2.24, 2.45) is 0 Å². The Morgan fingerprint density at radius 3 is 2.45 bits per heavy atom. The van der Waals surface area contributed by atoms with Gasteiger partial charge in [-0.15, -0.1) is 4.98 Å². The van der Waals surface area contributed by atoms with Gasteiger partial charge in [-0.2, -0.15) is 23.1 Å². The van der Waals surface area contributed by atoms with Crippen molar-refractivity contribution >= 4 is 11.6 Å². The number of alkyl halides is 3. The Kier molecular flexibility index (Phi) is 3.93. The van der Waals surface area contributed by atoms with Gasteiger partial charge < -0.3 is 9.47 Å². The van der Waals surface area contributed by atoms with E-state index in [1.54, 1.807) is 0 Å². The predicted octanol–water partition coefficient (Wildman–Crippen LogP) is 3.34. The maximum atomic E-state index is 12.6. The molecule has 1 heterocycles. The fourth-order valence-electron chi connectivity index (χ4n) is 1.29. The first-order valence-corrected chi connectivity index (χ1v) is 5.57. The number of nitrogens with zero attached hydrogens (tertiary/aromatic N) is 3. The average molecular weight is 306 g/mol. The van der Waals surface area contributed by atoms with E-state index in [1.165, 1.54) is 19.2 Å². The molecule has 2 rings (SSSR count). The lowest BCUT2D eigenvalue weighted by atomic mass is 10.2. The van der Waals surface area contributed by atoms with Crippen LogP contribution in [-0.2, 0) is 6.18 Å². The van der Waals surface area contributed by atoms with Crippen LogP contribution in [0.25, 0.3) is 0 Å². The van der Waals surface area contributed by atoms with Crippen LogP contribution in [0.15, 0.2) is 24.3 Å². The van der Waals surface area contributed by atoms with Crippen molar-refractivity contribution in [3.63, 3.8) is 0 Å². The molecule has 0 saturated carbocycles. The Labute approximate surface area is 116 Å². The zero-order valence-electron chi connectivity index (χ0n) is 9.98. The molecule has 0 fully saturated rings. The van der Waals surface area contributed by atoms with Gasteiger partial charge in [0.1, 0.15) is 5.75 Å². The molecule has 0 N–H and O–H groups in total. The fraction of sp³-hybridized carbons (Fsp3) is 0.182. The summed E-state index contributed by atoms with van der Waals surface area (Å²) in [5.74, 6) is -0.0795. The highest BCUT2D eigenvalue weighted by molar-refractivity contribution is 6.28. The molecule has 5 nitrogen and oxygen atoms in total. The van der Waals surface area contributed by atoms with Crippen molar-refractivity contribution in [3.8, 4) is 17.8 Å². The highest BCUT2D eigenvalue weighted by atomic mass is 35.5. The van der Waals surface area contributed by atoms with E-state index in [1.807, 2.05) is 0 Å². The number of ether oxygens (including phenoxy) is 2. The lowest BCUT2D eigenvalue weighted by Gasteiger charge is -2.09. The monoisotopic (exact) mass is 305 g/mol. The van der Waals surface area contributed by atoms with Crippen LogP contribution in [-0.4, -0.2) is 22.1 Å². The van der Waals surface area contributed by atoms with Crippen LogP contribution in [0.5, 0.6) is 17.8 Å². The Hall–Kier alpha value is -2.09. The van der Waals surface area contributed by atoms with Gasteiger partial charge in [-0.3, -0.25) is 0 Å². The summed E-state index contributed by atoms with van der Waals surface area (Å²) in [6, 6.07) is 3.92. The molecular formula is C11H7ClF3N3O2. The smallest absolute Gasteiger partial charge is 0.416 e. The van der Waals surface area contributed by atoms with Gasteiger partial charge in [0.2, 0.25) is 5.28 Å². The average Bonchev–Trinajstić information content (AvgIpc) is 2.37. The van der Waals surface area contributed by atoms with Crippen LogP contribution in [0.4, 0.5) is 13.2 Å². The van der Waals surface area contributed by atoms with E-state index in [0.717, 1.165) is 12.1 Å². The Bertz CT molecular complexity index is 622. The minimum atomic E-state index is -4.46. The van der Waals surface area contributed by atoms with Crippen LogP contribution in [0, 0.1) is 0 Å². The fourth-order valence-corrected chi connectivity index (χ4v) is 1.44. The Balaban J connectivity index is 2.28. The van der Waals surface area contributed by atoms with Crippen LogP contribution in [0.3, 0.4) is 0 Å². The molecule has 20 heavy (non-hydrogen) atoms. The lowest BCUT2D eigenvalue weighted by Crippen LogP contribution is -2.05. The van der Waals surface area contributed by atoms with E-state index in [2.05, 4.69) is 15.0 Å². The van der Waals surface area contributed by atoms with Gasteiger partial charge in [-0.1, -0.05) is 6.07 Å². The summed E-state index contributed by atoms with van der Waals surface area (Å²) in [7, 11) is 1.31. The third kappa shape index (κ3) is 3.47. The molecule has 1 aromatic carbocycles. The van der Waals surface area contributed by atoms with Crippen molar-refractivity contribution in [2.75, 3.05) is 7.11 Å². The summed E-state index contributed by atoms with van der Waals surface area (Å²) in [6.07, 6.45) is -4.46. The molecular weight excluding hydrogens is 299 g/mol. The van der Waals surface area contributed by atoms with E-state index in [0.29, 0.717) is 0 Å². The Morgan fingerprint density at radius 2 is 1.80 bits per heavy atom. The van der Waals surface area contributed by atoms with Crippen LogP contribution < -0.4 is 9.47 Å². The minimum Gasteiger partial charge on any atom is -0.467 e. The summed E-state index contributed by atoms with van der Waals surface area (Å²) in [4.78, 5) is 10.9. The summed E-state index contributed by atoms with van der Waals surface area (Å²) >= 11 is 5.60. The van der Waals surface area contributed by atoms with Crippen molar-refractivity contribution in [1.29, 1.82) is 0 Å². The van der Waals surface area contributed by atoms with E-state index in [-0.39, 0.29) is 23.1 Å².